The molecular formula is C12H22BrNO. The van der Waals surface area contributed by atoms with Crippen LogP contribution in [0.15, 0.2) is 0 Å². The van der Waals surface area contributed by atoms with Gasteiger partial charge in [0.1, 0.15) is 0 Å². The summed E-state index contributed by atoms with van der Waals surface area (Å²) in [6.45, 7) is 3.77. The Morgan fingerprint density at radius 3 is 2.33 bits per heavy atom. The van der Waals surface area contributed by atoms with Gasteiger partial charge >= 0.3 is 0 Å². The van der Waals surface area contributed by atoms with E-state index in [0.29, 0.717) is 11.8 Å². The highest BCUT2D eigenvalue weighted by Crippen LogP contribution is 2.24. The number of hydrogen-bond donors (Lipinski definition) is 0. The maximum Gasteiger partial charge on any atom is 0.225 e. The molecule has 0 atom stereocenters. The summed E-state index contributed by atoms with van der Waals surface area (Å²) < 4.78 is 0. The Morgan fingerprint density at radius 1 is 1.27 bits per heavy atom. The SMILES string of the molecule is CCN(CCBr)C(=O)C1CCCCCC1. The molecule has 3 heteroatoms. The van der Waals surface area contributed by atoms with E-state index in [-0.39, 0.29) is 0 Å². The highest BCUT2D eigenvalue weighted by Gasteiger charge is 2.23. The van der Waals surface area contributed by atoms with E-state index in [1.807, 2.05) is 4.90 Å². The number of carbonyl (C=O) groups is 1. The zero-order valence-electron chi connectivity index (χ0n) is 9.67. The number of nitrogens with zero attached hydrogens (tertiary/aromatic N) is 1. The van der Waals surface area contributed by atoms with Crippen LogP contribution in [0.5, 0.6) is 0 Å². The van der Waals surface area contributed by atoms with Crippen molar-refractivity contribution >= 4 is 21.8 Å². The van der Waals surface area contributed by atoms with Crippen LogP contribution in [-0.2, 0) is 4.79 Å². The van der Waals surface area contributed by atoms with Gasteiger partial charge in [-0.25, -0.2) is 0 Å². The molecule has 1 saturated carbocycles. The van der Waals surface area contributed by atoms with Crippen molar-refractivity contribution in [1.82, 2.24) is 4.90 Å². The second kappa shape index (κ2) is 7.26. The van der Waals surface area contributed by atoms with Gasteiger partial charge in [-0.3, -0.25) is 4.79 Å². The maximum absolute atomic E-state index is 12.2. The molecule has 0 spiro atoms. The fourth-order valence-electron chi connectivity index (χ4n) is 2.31. The summed E-state index contributed by atoms with van der Waals surface area (Å²) in [5.74, 6) is 0.699. The van der Waals surface area contributed by atoms with Crippen molar-refractivity contribution in [2.24, 2.45) is 5.92 Å². The van der Waals surface area contributed by atoms with E-state index < -0.39 is 0 Å². The average molecular weight is 276 g/mol. The Kier molecular flexibility index (Phi) is 6.30. The topological polar surface area (TPSA) is 20.3 Å². The van der Waals surface area contributed by atoms with Gasteiger partial charge in [-0.2, -0.15) is 0 Å². The quantitative estimate of drug-likeness (QED) is 0.570. The maximum atomic E-state index is 12.2. The van der Waals surface area contributed by atoms with Gasteiger partial charge < -0.3 is 4.90 Å². The molecular weight excluding hydrogens is 254 g/mol. The molecule has 0 aromatic heterocycles. The van der Waals surface area contributed by atoms with E-state index in [2.05, 4.69) is 22.9 Å². The summed E-state index contributed by atoms with van der Waals surface area (Å²) in [5, 5.41) is 0.888. The standard InChI is InChI=1S/C12H22BrNO/c1-2-14(10-9-13)12(15)11-7-5-3-4-6-8-11/h11H,2-10H2,1H3. The van der Waals surface area contributed by atoms with Crippen LogP contribution in [0.2, 0.25) is 0 Å². The lowest BCUT2D eigenvalue weighted by Gasteiger charge is -2.24. The molecule has 15 heavy (non-hydrogen) atoms. The predicted molar refractivity (Wildman–Crippen MR) is 67.2 cm³/mol. The molecule has 0 saturated heterocycles. The first kappa shape index (κ1) is 13.0. The number of carbonyl (C=O) groups excluding carboxylic acids is 1. The van der Waals surface area contributed by atoms with E-state index in [1.165, 1.54) is 25.7 Å². The third kappa shape index (κ3) is 4.13. The molecule has 0 heterocycles. The van der Waals surface area contributed by atoms with Crippen LogP contribution in [-0.4, -0.2) is 29.2 Å². The van der Waals surface area contributed by atoms with Crippen molar-refractivity contribution in [3.63, 3.8) is 0 Å². The average Bonchev–Trinajstić information content (AvgIpc) is 2.53. The molecule has 2 nitrogen and oxygen atoms in total. The minimum Gasteiger partial charge on any atom is -0.342 e. The lowest BCUT2D eigenvalue weighted by atomic mass is 9.99. The van der Waals surface area contributed by atoms with Crippen molar-refractivity contribution in [3.05, 3.63) is 0 Å². The van der Waals surface area contributed by atoms with E-state index in [9.17, 15) is 4.79 Å². The third-order valence-corrected chi connectivity index (χ3v) is 3.61. The van der Waals surface area contributed by atoms with E-state index >= 15 is 0 Å². The third-order valence-electron chi connectivity index (χ3n) is 3.25. The normalized spacial score (nSPS) is 18.5. The molecule has 0 radical (unpaired) electrons. The van der Waals surface area contributed by atoms with Crippen molar-refractivity contribution in [2.45, 2.75) is 45.4 Å². The molecule has 1 aliphatic rings. The molecule has 0 aromatic rings. The van der Waals surface area contributed by atoms with Crippen LogP contribution in [0.1, 0.15) is 45.4 Å². The Labute approximate surface area is 102 Å². The van der Waals surface area contributed by atoms with Gasteiger partial charge in [0.2, 0.25) is 5.91 Å². The predicted octanol–water partition coefficient (Wildman–Crippen LogP) is 3.20. The summed E-state index contributed by atoms with van der Waals surface area (Å²) in [5.41, 5.74) is 0. The van der Waals surface area contributed by atoms with Gasteiger partial charge in [0.05, 0.1) is 0 Å². The molecule has 0 bridgehead atoms. The number of amides is 1. The molecule has 0 N–H and O–H groups in total. The summed E-state index contributed by atoms with van der Waals surface area (Å²) in [7, 11) is 0. The first-order valence-electron chi connectivity index (χ1n) is 6.14. The lowest BCUT2D eigenvalue weighted by Crippen LogP contribution is -2.37. The zero-order valence-corrected chi connectivity index (χ0v) is 11.3. The Balaban J connectivity index is 2.47. The molecule has 1 fully saturated rings. The van der Waals surface area contributed by atoms with E-state index in [4.69, 9.17) is 0 Å². The fourth-order valence-corrected chi connectivity index (χ4v) is 2.74. The molecule has 0 unspecified atom stereocenters. The molecule has 1 rings (SSSR count). The number of hydrogen-bond acceptors (Lipinski definition) is 1. The zero-order chi connectivity index (χ0) is 11.1. The van der Waals surface area contributed by atoms with Crippen molar-refractivity contribution in [1.29, 1.82) is 0 Å². The minimum absolute atomic E-state index is 0.312. The van der Waals surface area contributed by atoms with Crippen LogP contribution in [0, 0.1) is 5.92 Å². The van der Waals surface area contributed by atoms with Crippen LogP contribution < -0.4 is 0 Å². The minimum atomic E-state index is 0.312. The first-order valence-corrected chi connectivity index (χ1v) is 7.26. The molecule has 1 amide bonds. The van der Waals surface area contributed by atoms with Gasteiger partial charge in [0.25, 0.3) is 0 Å². The smallest absolute Gasteiger partial charge is 0.225 e. The number of halogens is 1. The number of alkyl halides is 1. The van der Waals surface area contributed by atoms with E-state index in [1.54, 1.807) is 0 Å². The molecule has 88 valence electrons. The Morgan fingerprint density at radius 2 is 1.87 bits per heavy atom. The van der Waals surface area contributed by atoms with E-state index in [0.717, 1.165) is 31.3 Å². The summed E-state index contributed by atoms with van der Waals surface area (Å²) in [4.78, 5) is 14.2. The van der Waals surface area contributed by atoms with Crippen molar-refractivity contribution < 1.29 is 4.79 Å². The Hall–Kier alpha value is -0.0500. The van der Waals surface area contributed by atoms with Gasteiger partial charge in [0.15, 0.2) is 0 Å². The Bertz CT molecular complexity index is 188. The highest BCUT2D eigenvalue weighted by atomic mass is 79.9. The molecule has 1 aliphatic carbocycles. The van der Waals surface area contributed by atoms with Crippen LogP contribution in [0.4, 0.5) is 0 Å². The van der Waals surface area contributed by atoms with Gasteiger partial charge in [-0.15, -0.1) is 0 Å². The second-order valence-corrected chi connectivity index (χ2v) is 5.09. The second-order valence-electron chi connectivity index (χ2n) is 4.30. The first-order chi connectivity index (χ1) is 7.29. The summed E-state index contributed by atoms with van der Waals surface area (Å²) >= 11 is 3.40. The lowest BCUT2D eigenvalue weighted by molar-refractivity contribution is -0.135. The van der Waals surface area contributed by atoms with Crippen molar-refractivity contribution in [2.75, 3.05) is 18.4 Å². The fraction of sp³-hybridized carbons (Fsp3) is 0.917. The highest BCUT2D eigenvalue weighted by molar-refractivity contribution is 9.09. The van der Waals surface area contributed by atoms with Crippen LogP contribution in [0.25, 0.3) is 0 Å². The largest absolute Gasteiger partial charge is 0.342 e. The molecule has 0 aliphatic heterocycles. The van der Waals surface area contributed by atoms with Crippen LogP contribution >= 0.6 is 15.9 Å². The summed E-state index contributed by atoms with van der Waals surface area (Å²) in [6.07, 6.45) is 7.32. The summed E-state index contributed by atoms with van der Waals surface area (Å²) in [6, 6.07) is 0. The van der Waals surface area contributed by atoms with Gasteiger partial charge in [-0.1, -0.05) is 41.6 Å². The number of rotatable bonds is 4. The monoisotopic (exact) mass is 275 g/mol. The van der Waals surface area contributed by atoms with Gasteiger partial charge in [0, 0.05) is 24.3 Å². The van der Waals surface area contributed by atoms with Gasteiger partial charge in [-0.05, 0) is 19.8 Å². The van der Waals surface area contributed by atoms with Crippen molar-refractivity contribution in [3.8, 4) is 0 Å². The molecule has 0 aromatic carbocycles. The van der Waals surface area contributed by atoms with Crippen LogP contribution in [0.3, 0.4) is 0 Å².